The largest absolute Gasteiger partial charge is 0.486 e. The molecule has 0 bridgehead atoms. The number of benzene rings is 2. The van der Waals surface area contributed by atoms with Gasteiger partial charge in [-0.1, -0.05) is 23.9 Å². The number of nitrogens with zero attached hydrogens (tertiary/aromatic N) is 2. The summed E-state index contributed by atoms with van der Waals surface area (Å²) in [5, 5.41) is 7.89. The highest BCUT2D eigenvalue weighted by molar-refractivity contribution is 7.99. The highest BCUT2D eigenvalue weighted by atomic mass is 32.2. The van der Waals surface area contributed by atoms with Gasteiger partial charge in [0.25, 0.3) is 11.1 Å². The molecule has 1 aliphatic heterocycles. The van der Waals surface area contributed by atoms with Crippen LogP contribution < -0.4 is 9.47 Å². The molecule has 0 unspecified atom stereocenters. The number of ketones is 1. The number of fused-ring (bicyclic) bond motifs is 1. The highest BCUT2D eigenvalue weighted by Gasteiger charge is 2.17. The van der Waals surface area contributed by atoms with Gasteiger partial charge in [0.15, 0.2) is 17.3 Å². The standard InChI is InChI=1S/C18H13FN2O4S/c19-13-4-2-1-3-12(13)17-20-21-18(25-17)26-10-14(22)11-5-6-15-16(9-11)24-8-7-23-15/h1-6,9H,7-8,10H2. The SMILES string of the molecule is O=C(CSc1nnc(-c2ccccc2F)o1)c1ccc2c(c1)OCCO2. The van der Waals surface area contributed by atoms with Crippen LogP contribution in [0.1, 0.15) is 10.4 Å². The van der Waals surface area contributed by atoms with Gasteiger partial charge in [-0.2, -0.15) is 0 Å². The van der Waals surface area contributed by atoms with Gasteiger partial charge in [0.2, 0.25) is 0 Å². The van der Waals surface area contributed by atoms with Crippen LogP contribution in [-0.4, -0.2) is 34.9 Å². The lowest BCUT2D eigenvalue weighted by molar-refractivity contribution is 0.102. The summed E-state index contributed by atoms with van der Waals surface area (Å²) in [4.78, 5) is 12.4. The zero-order chi connectivity index (χ0) is 17.9. The van der Waals surface area contributed by atoms with Crippen molar-refractivity contribution in [3.8, 4) is 23.0 Å². The first-order valence-electron chi connectivity index (χ1n) is 7.85. The minimum absolute atomic E-state index is 0.0809. The second kappa shape index (κ2) is 7.17. The molecule has 132 valence electrons. The first-order chi connectivity index (χ1) is 12.7. The van der Waals surface area contributed by atoms with E-state index in [0.29, 0.717) is 30.3 Å². The van der Waals surface area contributed by atoms with Gasteiger partial charge in [0, 0.05) is 5.56 Å². The summed E-state index contributed by atoms with van der Waals surface area (Å²) in [5.41, 5.74) is 0.737. The highest BCUT2D eigenvalue weighted by Crippen LogP contribution is 2.31. The predicted octanol–water partition coefficient (Wildman–Crippen LogP) is 3.62. The average molecular weight is 372 g/mol. The lowest BCUT2D eigenvalue weighted by Gasteiger charge is -2.18. The Kier molecular flexibility index (Phi) is 4.57. The van der Waals surface area contributed by atoms with Gasteiger partial charge >= 0.3 is 0 Å². The molecule has 0 aliphatic carbocycles. The number of hydrogen-bond donors (Lipinski definition) is 0. The topological polar surface area (TPSA) is 74.5 Å². The number of hydrogen-bond acceptors (Lipinski definition) is 7. The lowest BCUT2D eigenvalue weighted by atomic mass is 10.1. The molecule has 0 N–H and O–H groups in total. The van der Waals surface area contributed by atoms with E-state index in [1.54, 1.807) is 36.4 Å². The van der Waals surface area contributed by atoms with Crippen LogP contribution in [0.25, 0.3) is 11.5 Å². The fourth-order valence-corrected chi connectivity index (χ4v) is 3.10. The number of carbonyl (C=O) groups is 1. The average Bonchev–Trinajstić information content (AvgIpc) is 3.15. The number of Topliss-reactive ketones (excluding diaryl/α,β-unsaturated/α-hetero) is 1. The molecule has 0 saturated heterocycles. The zero-order valence-electron chi connectivity index (χ0n) is 13.5. The van der Waals surface area contributed by atoms with Crippen molar-refractivity contribution in [2.75, 3.05) is 19.0 Å². The number of halogens is 1. The van der Waals surface area contributed by atoms with Crippen LogP contribution in [0.5, 0.6) is 11.5 Å². The van der Waals surface area contributed by atoms with Crippen molar-refractivity contribution in [2.45, 2.75) is 5.22 Å². The van der Waals surface area contributed by atoms with Gasteiger partial charge in [-0.05, 0) is 30.3 Å². The molecule has 1 aromatic heterocycles. The van der Waals surface area contributed by atoms with E-state index in [4.69, 9.17) is 13.9 Å². The van der Waals surface area contributed by atoms with E-state index in [0.717, 1.165) is 11.8 Å². The summed E-state index contributed by atoms with van der Waals surface area (Å²) in [6.45, 7) is 0.956. The second-order valence-corrected chi connectivity index (χ2v) is 6.35. The van der Waals surface area contributed by atoms with Crippen molar-refractivity contribution in [3.05, 3.63) is 53.8 Å². The van der Waals surface area contributed by atoms with Crippen molar-refractivity contribution in [1.29, 1.82) is 0 Å². The molecule has 0 spiro atoms. The second-order valence-electron chi connectivity index (χ2n) is 5.42. The van der Waals surface area contributed by atoms with Crippen molar-refractivity contribution in [1.82, 2.24) is 10.2 Å². The van der Waals surface area contributed by atoms with E-state index in [2.05, 4.69) is 10.2 Å². The Morgan fingerprint density at radius 3 is 2.73 bits per heavy atom. The molecule has 2 heterocycles. The molecule has 0 fully saturated rings. The fraction of sp³-hybridized carbons (Fsp3) is 0.167. The Balaban J connectivity index is 1.43. The summed E-state index contributed by atoms with van der Waals surface area (Å²) >= 11 is 1.10. The van der Waals surface area contributed by atoms with Crippen LogP contribution in [0.4, 0.5) is 4.39 Å². The van der Waals surface area contributed by atoms with Crippen LogP contribution in [0.3, 0.4) is 0 Å². The first-order valence-corrected chi connectivity index (χ1v) is 8.83. The molecule has 0 radical (unpaired) electrons. The van der Waals surface area contributed by atoms with Crippen LogP contribution >= 0.6 is 11.8 Å². The molecule has 3 aromatic rings. The maximum atomic E-state index is 13.7. The summed E-state index contributed by atoms with van der Waals surface area (Å²) in [6, 6.07) is 11.2. The monoisotopic (exact) mass is 372 g/mol. The molecular weight excluding hydrogens is 359 g/mol. The number of thioether (sulfide) groups is 1. The normalized spacial score (nSPS) is 12.8. The van der Waals surface area contributed by atoms with Crippen molar-refractivity contribution < 1.29 is 23.1 Å². The van der Waals surface area contributed by atoms with Crippen LogP contribution in [0.15, 0.2) is 52.1 Å². The smallest absolute Gasteiger partial charge is 0.277 e. The number of carbonyl (C=O) groups excluding carboxylic acids is 1. The quantitative estimate of drug-likeness (QED) is 0.500. The lowest BCUT2D eigenvalue weighted by Crippen LogP contribution is -2.16. The first kappa shape index (κ1) is 16.6. The maximum absolute atomic E-state index is 13.7. The molecule has 4 rings (SSSR count). The third-order valence-corrected chi connectivity index (χ3v) is 4.52. The molecule has 8 heteroatoms. The van der Waals surface area contributed by atoms with Gasteiger partial charge < -0.3 is 13.9 Å². The van der Waals surface area contributed by atoms with E-state index in [-0.39, 0.29) is 28.2 Å². The third kappa shape index (κ3) is 3.41. The molecular formula is C18H13FN2O4S. The summed E-state index contributed by atoms with van der Waals surface area (Å²) in [5.74, 6) is 0.826. The van der Waals surface area contributed by atoms with Crippen molar-refractivity contribution in [2.24, 2.45) is 0 Å². The van der Waals surface area contributed by atoms with E-state index < -0.39 is 5.82 Å². The summed E-state index contributed by atoms with van der Waals surface area (Å²) in [7, 11) is 0. The Hall–Kier alpha value is -2.87. The molecule has 2 aromatic carbocycles. The molecule has 0 atom stereocenters. The van der Waals surface area contributed by atoms with Gasteiger partial charge in [0.05, 0.1) is 11.3 Å². The van der Waals surface area contributed by atoms with Gasteiger partial charge in [-0.15, -0.1) is 10.2 Å². The maximum Gasteiger partial charge on any atom is 0.277 e. The Bertz CT molecular complexity index is 960. The van der Waals surface area contributed by atoms with Gasteiger partial charge in [-0.3, -0.25) is 4.79 Å². The van der Waals surface area contributed by atoms with E-state index in [9.17, 15) is 9.18 Å². The summed E-state index contributed by atoms with van der Waals surface area (Å²) in [6.07, 6.45) is 0. The van der Waals surface area contributed by atoms with E-state index in [1.165, 1.54) is 6.07 Å². The fourth-order valence-electron chi connectivity index (χ4n) is 2.44. The van der Waals surface area contributed by atoms with Gasteiger partial charge in [0.1, 0.15) is 19.0 Å². The number of rotatable bonds is 5. The number of ether oxygens (including phenoxy) is 2. The Morgan fingerprint density at radius 1 is 1.08 bits per heavy atom. The zero-order valence-corrected chi connectivity index (χ0v) is 14.3. The Labute approximate surface area is 152 Å². The molecule has 6 nitrogen and oxygen atoms in total. The molecule has 26 heavy (non-hydrogen) atoms. The molecule has 0 saturated carbocycles. The van der Waals surface area contributed by atoms with Crippen molar-refractivity contribution >= 4 is 17.5 Å². The number of aromatic nitrogens is 2. The van der Waals surface area contributed by atoms with Crippen molar-refractivity contribution in [3.63, 3.8) is 0 Å². The van der Waals surface area contributed by atoms with Crippen LogP contribution in [0, 0.1) is 5.82 Å². The van der Waals surface area contributed by atoms with Crippen LogP contribution in [0.2, 0.25) is 0 Å². The van der Waals surface area contributed by atoms with Crippen LogP contribution in [-0.2, 0) is 0 Å². The predicted molar refractivity (Wildman–Crippen MR) is 92.2 cm³/mol. The molecule has 1 aliphatic rings. The minimum Gasteiger partial charge on any atom is -0.486 e. The van der Waals surface area contributed by atoms with E-state index >= 15 is 0 Å². The van der Waals surface area contributed by atoms with Gasteiger partial charge in [-0.25, -0.2) is 4.39 Å². The minimum atomic E-state index is -0.444. The molecule has 0 amide bonds. The Morgan fingerprint density at radius 2 is 1.88 bits per heavy atom. The summed E-state index contributed by atoms with van der Waals surface area (Å²) < 4.78 is 30.1. The third-order valence-electron chi connectivity index (χ3n) is 3.70. The van der Waals surface area contributed by atoms with E-state index in [1.807, 2.05) is 0 Å².